The smallest absolute Gasteiger partial charge is 0.147 e. The molecule has 1 aliphatic carbocycles. The molecule has 2 heterocycles. The molecule has 0 saturated heterocycles. The Kier molecular flexibility index (Phi) is 3.80. The summed E-state index contributed by atoms with van der Waals surface area (Å²) >= 11 is 0. The number of nitrogens with zero attached hydrogens (tertiary/aromatic N) is 4. The fourth-order valence-electron chi connectivity index (χ4n) is 3.26. The molecule has 0 atom stereocenters. The van der Waals surface area contributed by atoms with Crippen molar-refractivity contribution in [3.8, 4) is 0 Å². The first kappa shape index (κ1) is 14.9. The van der Waals surface area contributed by atoms with Crippen molar-refractivity contribution in [3.05, 3.63) is 53.1 Å². The van der Waals surface area contributed by atoms with Gasteiger partial charge in [-0.3, -0.25) is 0 Å². The van der Waals surface area contributed by atoms with Crippen LogP contribution in [0.3, 0.4) is 0 Å². The zero-order valence-corrected chi connectivity index (χ0v) is 13.5. The molecule has 0 amide bonds. The van der Waals surface area contributed by atoms with Gasteiger partial charge in [0.05, 0.1) is 12.1 Å². The van der Waals surface area contributed by atoms with Gasteiger partial charge in [-0.1, -0.05) is 0 Å². The highest BCUT2D eigenvalue weighted by molar-refractivity contribution is 5.88. The molecule has 5 nitrogen and oxygen atoms in total. The summed E-state index contributed by atoms with van der Waals surface area (Å²) in [6.07, 6.45) is 5.96. The second-order valence-electron chi connectivity index (χ2n) is 6.09. The lowest BCUT2D eigenvalue weighted by Crippen LogP contribution is -2.14. The van der Waals surface area contributed by atoms with Crippen LogP contribution in [0.15, 0.2) is 24.5 Å². The van der Waals surface area contributed by atoms with Crippen LogP contribution in [0.25, 0.3) is 10.9 Å². The van der Waals surface area contributed by atoms with Crippen LogP contribution in [-0.4, -0.2) is 19.9 Å². The molecule has 1 aromatic carbocycles. The minimum Gasteiger partial charge on any atom is -0.362 e. The summed E-state index contributed by atoms with van der Waals surface area (Å²) in [5, 5.41) is 4.04. The van der Waals surface area contributed by atoms with Gasteiger partial charge in [-0.05, 0) is 50.3 Å². The maximum Gasteiger partial charge on any atom is 0.147 e. The van der Waals surface area contributed by atoms with E-state index in [0.29, 0.717) is 17.9 Å². The van der Waals surface area contributed by atoms with Crippen LogP contribution in [0.1, 0.15) is 35.6 Å². The maximum absolute atomic E-state index is 13.3. The molecule has 4 rings (SSSR count). The second kappa shape index (κ2) is 6.11. The van der Waals surface area contributed by atoms with E-state index in [4.69, 9.17) is 4.98 Å². The van der Waals surface area contributed by atoms with Crippen LogP contribution >= 0.6 is 0 Å². The molecular weight excluding hydrogens is 305 g/mol. The molecule has 0 radical (unpaired) electrons. The number of halogens is 1. The maximum atomic E-state index is 13.3. The standard InChI is InChI=1S/C18H18FN5/c1-11-13-4-2-3-5-15(13)24-17(23-11)9-20-18-14-7-6-12(19)8-16(14)21-10-22-18/h6-8,10H,2-5,9H2,1H3,(H,20,21,22). The van der Waals surface area contributed by atoms with Gasteiger partial charge in [-0.2, -0.15) is 0 Å². The molecular formula is C18H18FN5. The Hall–Kier alpha value is -2.63. The normalized spacial score (nSPS) is 13.8. The Labute approximate surface area is 139 Å². The minimum atomic E-state index is -0.305. The Morgan fingerprint density at radius 3 is 2.92 bits per heavy atom. The number of fused-ring (bicyclic) bond motifs is 2. The number of rotatable bonds is 3. The van der Waals surface area contributed by atoms with Crippen LogP contribution in [0, 0.1) is 12.7 Å². The van der Waals surface area contributed by atoms with Crippen molar-refractivity contribution in [2.75, 3.05) is 5.32 Å². The average molecular weight is 323 g/mol. The minimum absolute atomic E-state index is 0.305. The van der Waals surface area contributed by atoms with E-state index in [-0.39, 0.29) is 5.82 Å². The molecule has 6 heteroatoms. The number of anilines is 1. The number of benzene rings is 1. The summed E-state index contributed by atoms with van der Waals surface area (Å²) < 4.78 is 13.3. The van der Waals surface area contributed by atoms with E-state index in [1.54, 1.807) is 6.07 Å². The summed E-state index contributed by atoms with van der Waals surface area (Å²) in [6, 6.07) is 4.50. The van der Waals surface area contributed by atoms with Crippen molar-refractivity contribution >= 4 is 16.7 Å². The zero-order valence-electron chi connectivity index (χ0n) is 13.5. The number of hydrogen-bond donors (Lipinski definition) is 1. The predicted octanol–water partition coefficient (Wildman–Crippen LogP) is 3.36. The summed E-state index contributed by atoms with van der Waals surface area (Å²) in [5.74, 6) is 1.13. The van der Waals surface area contributed by atoms with E-state index < -0.39 is 0 Å². The van der Waals surface area contributed by atoms with Crippen LogP contribution in [0.4, 0.5) is 10.2 Å². The lowest BCUT2D eigenvalue weighted by molar-refractivity contribution is 0.629. The van der Waals surface area contributed by atoms with E-state index in [1.807, 2.05) is 0 Å². The van der Waals surface area contributed by atoms with Crippen LogP contribution in [0.5, 0.6) is 0 Å². The van der Waals surface area contributed by atoms with Crippen LogP contribution < -0.4 is 5.32 Å². The molecule has 2 aromatic heterocycles. The molecule has 0 bridgehead atoms. The van der Waals surface area contributed by atoms with E-state index >= 15 is 0 Å². The SMILES string of the molecule is Cc1nc(CNc2ncnc3cc(F)ccc23)nc2c1CCCC2. The number of hydrogen-bond acceptors (Lipinski definition) is 5. The topological polar surface area (TPSA) is 63.6 Å². The molecule has 122 valence electrons. The summed E-state index contributed by atoms with van der Waals surface area (Å²) in [7, 11) is 0. The van der Waals surface area contributed by atoms with E-state index in [0.717, 1.165) is 29.7 Å². The van der Waals surface area contributed by atoms with Crippen molar-refractivity contribution in [2.45, 2.75) is 39.2 Å². The largest absolute Gasteiger partial charge is 0.362 e. The third kappa shape index (κ3) is 2.79. The lowest BCUT2D eigenvalue weighted by Gasteiger charge is -2.17. The van der Waals surface area contributed by atoms with Gasteiger partial charge in [-0.15, -0.1) is 0 Å². The van der Waals surface area contributed by atoms with Gasteiger partial charge in [0.2, 0.25) is 0 Å². The van der Waals surface area contributed by atoms with Crippen LogP contribution in [0.2, 0.25) is 0 Å². The Morgan fingerprint density at radius 2 is 2.00 bits per heavy atom. The number of aryl methyl sites for hydroxylation is 2. The van der Waals surface area contributed by atoms with Crippen molar-refractivity contribution in [3.63, 3.8) is 0 Å². The van der Waals surface area contributed by atoms with Gasteiger partial charge in [-0.25, -0.2) is 24.3 Å². The van der Waals surface area contributed by atoms with Gasteiger partial charge < -0.3 is 5.32 Å². The molecule has 24 heavy (non-hydrogen) atoms. The fourth-order valence-corrected chi connectivity index (χ4v) is 3.26. The molecule has 3 aromatic rings. The molecule has 0 unspecified atom stereocenters. The average Bonchev–Trinajstić information content (AvgIpc) is 2.59. The third-order valence-corrected chi connectivity index (χ3v) is 4.45. The Bertz CT molecular complexity index is 909. The number of aromatic nitrogens is 4. The van der Waals surface area contributed by atoms with E-state index in [2.05, 4.69) is 27.2 Å². The van der Waals surface area contributed by atoms with Crippen molar-refractivity contribution in [2.24, 2.45) is 0 Å². The molecule has 0 saturated carbocycles. The quantitative estimate of drug-likeness (QED) is 0.801. The first-order valence-electron chi connectivity index (χ1n) is 8.20. The summed E-state index contributed by atoms with van der Waals surface area (Å²) in [6.45, 7) is 2.54. The highest BCUT2D eigenvalue weighted by Crippen LogP contribution is 2.23. The second-order valence-corrected chi connectivity index (χ2v) is 6.09. The van der Waals surface area contributed by atoms with Gasteiger partial charge in [0.25, 0.3) is 0 Å². The van der Waals surface area contributed by atoms with E-state index in [1.165, 1.54) is 42.6 Å². The lowest BCUT2D eigenvalue weighted by atomic mass is 9.95. The molecule has 0 fully saturated rings. The Morgan fingerprint density at radius 1 is 1.12 bits per heavy atom. The fraction of sp³-hybridized carbons (Fsp3) is 0.333. The summed E-state index contributed by atoms with van der Waals surface area (Å²) in [5.41, 5.74) is 4.15. The van der Waals surface area contributed by atoms with Gasteiger partial charge >= 0.3 is 0 Å². The predicted molar refractivity (Wildman–Crippen MR) is 90.2 cm³/mol. The summed E-state index contributed by atoms with van der Waals surface area (Å²) in [4.78, 5) is 17.7. The monoisotopic (exact) mass is 323 g/mol. The van der Waals surface area contributed by atoms with Crippen LogP contribution in [-0.2, 0) is 19.4 Å². The molecule has 0 aliphatic heterocycles. The van der Waals surface area contributed by atoms with Gasteiger partial charge in [0.15, 0.2) is 0 Å². The van der Waals surface area contributed by atoms with Crippen molar-refractivity contribution in [1.82, 2.24) is 19.9 Å². The highest BCUT2D eigenvalue weighted by Gasteiger charge is 2.15. The van der Waals surface area contributed by atoms with Crippen molar-refractivity contribution < 1.29 is 4.39 Å². The third-order valence-electron chi connectivity index (χ3n) is 4.45. The zero-order chi connectivity index (χ0) is 16.5. The first-order chi connectivity index (χ1) is 11.7. The first-order valence-corrected chi connectivity index (χ1v) is 8.20. The Balaban J connectivity index is 1.60. The van der Waals surface area contributed by atoms with E-state index in [9.17, 15) is 4.39 Å². The van der Waals surface area contributed by atoms with Gasteiger partial charge in [0.1, 0.15) is 23.8 Å². The number of nitrogens with one attached hydrogen (secondary N) is 1. The highest BCUT2D eigenvalue weighted by atomic mass is 19.1. The molecule has 1 N–H and O–H groups in total. The molecule has 0 spiro atoms. The molecule has 1 aliphatic rings. The van der Waals surface area contributed by atoms with Crippen molar-refractivity contribution in [1.29, 1.82) is 0 Å². The van der Waals surface area contributed by atoms with Gasteiger partial charge in [0, 0.05) is 22.8 Å².